The Balaban J connectivity index is 0.000000123. The van der Waals surface area contributed by atoms with Crippen LogP contribution in [0.3, 0.4) is 0 Å². The minimum Gasteiger partial charge on any atom is -0.0919 e. The Labute approximate surface area is 243 Å². The Morgan fingerprint density at radius 1 is 0.513 bits per heavy atom. The molecule has 9 aliphatic rings. The lowest BCUT2D eigenvalue weighted by Gasteiger charge is -2.35. The SMILES string of the molecule is C1=CC2C3C=CC(C3)C2C1.CC.CC.CC1CC2C=CC1C2.CC1CC2CC1C1C3C=CC(C3)C21.CC=CC. The van der Waals surface area contributed by atoms with Gasteiger partial charge in [-0.2, -0.15) is 0 Å². The van der Waals surface area contributed by atoms with E-state index in [0.29, 0.717) is 0 Å². The van der Waals surface area contributed by atoms with Gasteiger partial charge in [-0.25, -0.2) is 0 Å². The van der Waals surface area contributed by atoms with Gasteiger partial charge in [0.2, 0.25) is 0 Å². The number of fused-ring (bicyclic) bond motifs is 16. The standard InChI is InChI=1S/C13H18.C10H12.C8H12.C4H8.2C2H6/c1-7-4-10-6-11(7)13-9-3-2-8(5-9)12(10)13;1-2-9-7-4-5-8(6-7)10(9)3-1;1-6-4-7-2-3-8(6)5-7;1-3-4-2;2*1-2/h2-3,7-13H,4-6H2,1H3;1-2,4-5,7-10H,3,6H2;2-3,6-8H,4-5H2,1H3;3-4H,1-2H3;2*1-2H3. The molecular weight excluding hydrogens is 468 g/mol. The van der Waals surface area contributed by atoms with Crippen molar-refractivity contribution in [2.75, 3.05) is 0 Å². The first-order valence-corrected chi connectivity index (χ1v) is 17.4. The zero-order valence-electron chi connectivity index (χ0n) is 26.8. The zero-order valence-corrected chi connectivity index (χ0v) is 26.8. The van der Waals surface area contributed by atoms with Crippen molar-refractivity contribution in [2.45, 2.75) is 100 Å². The average Bonchev–Trinajstić information content (AvgIpc) is 3.82. The van der Waals surface area contributed by atoms with Crippen LogP contribution in [0.4, 0.5) is 0 Å². The largest absolute Gasteiger partial charge is 0.0919 e. The Hall–Kier alpha value is -1.30. The lowest BCUT2D eigenvalue weighted by molar-refractivity contribution is 0.160. The minimum atomic E-state index is 0.925. The van der Waals surface area contributed by atoms with Gasteiger partial charge in [-0.3, -0.25) is 0 Å². The molecule has 9 rings (SSSR count). The van der Waals surface area contributed by atoms with E-state index in [9.17, 15) is 0 Å². The van der Waals surface area contributed by atoms with Gasteiger partial charge in [-0.05, 0) is 142 Å². The van der Waals surface area contributed by atoms with E-state index in [1.807, 2.05) is 53.7 Å². The highest BCUT2D eigenvalue weighted by molar-refractivity contribution is 5.22. The van der Waals surface area contributed by atoms with E-state index in [1.165, 1.54) is 32.1 Å². The molecule has 0 N–H and O–H groups in total. The highest BCUT2D eigenvalue weighted by Gasteiger charge is 2.59. The number of rotatable bonds is 0. The third-order valence-electron chi connectivity index (χ3n) is 12.0. The predicted octanol–water partition coefficient (Wildman–Crippen LogP) is 11.3. The first-order chi connectivity index (χ1) is 19.1. The average molecular weight is 531 g/mol. The van der Waals surface area contributed by atoms with Crippen molar-refractivity contribution in [1.82, 2.24) is 0 Å². The molecule has 14 unspecified atom stereocenters. The summed E-state index contributed by atoms with van der Waals surface area (Å²) in [6.45, 7) is 16.9. The van der Waals surface area contributed by atoms with Gasteiger partial charge in [0.25, 0.3) is 0 Å². The van der Waals surface area contributed by atoms with Crippen LogP contribution in [0, 0.1) is 82.9 Å². The second kappa shape index (κ2) is 14.0. The molecule has 218 valence electrons. The summed E-state index contributed by atoms with van der Waals surface area (Å²) in [4.78, 5) is 0. The van der Waals surface area contributed by atoms with Crippen LogP contribution in [-0.2, 0) is 0 Å². The fraction of sp³-hybridized carbons (Fsp3) is 0.744. The van der Waals surface area contributed by atoms with E-state index in [-0.39, 0.29) is 0 Å². The van der Waals surface area contributed by atoms with Crippen LogP contribution in [0.25, 0.3) is 0 Å². The van der Waals surface area contributed by atoms with Crippen molar-refractivity contribution in [3.8, 4) is 0 Å². The van der Waals surface area contributed by atoms with Crippen molar-refractivity contribution in [2.24, 2.45) is 82.9 Å². The van der Waals surface area contributed by atoms with E-state index in [0.717, 1.165) is 82.9 Å². The van der Waals surface area contributed by atoms with Gasteiger partial charge in [-0.1, -0.05) is 102 Å². The highest BCUT2D eigenvalue weighted by Crippen LogP contribution is 2.66. The van der Waals surface area contributed by atoms with Gasteiger partial charge < -0.3 is 0 Å². The smallest absolute Gasteiger partial charge is 0.0133 e. The minimum absolute atomic E-state index is 0.925. The van der Waals surface area contributed by atoms with Crippen LogP contribution >= 0.6 is 0 Å². The summed E-state index contributed by atoms with van der Waals surface area (Å²) in [6, 6.07) is 0. The predicted molar refractivity (Wildman–Crippen MR) is 172 cm³/mol. The molecule has 0 heterocycles. The summed E-state index contributed by atoms with van der Waals surface area (Å²) in [5.41, 5.74) is 0. The van der Waals surface area contributed by atoms with Gasteiger partial charge in [0.05, 0.1) is 0 Å². The van der Waals surface area contributed by atoms with E-state index in [4.69, 9.17) is 0 Å². The molecule has 0 aromatic heterocycles. The van der Waals surface area contributed by atoms with Crippen LogP contribution in [0.5, 0.6) is 0 Å². The first-order valence-electron chi connectivity index (χ1n) is 17.4. The molecule has 0 aliphatic heterocycles. The summed E-state index contributed by atoms with van der Waals surface area (Å²) in [6.07, 6.45) is 34.0. The van der Waals surface area contributed by atoms with Crippen molar-refractivity contribution < 1.29 is 0 Å². The highest BCUT2D eigenvalue weighted by atomic mass is 14.6. The summed E-state index contributed by atoms with van der Waals surface area (Å²) in [5, 5.41) is 0. The molecule has 9 aliphatic carbocycles. The molecule has 8 bridgehead atoms. The van der Waals surface area contributed by atoms with Crippen LogP contribution in [0.1, 0.15) is 100 Å². The molecule has 5 saturated carbocycles. The van der Waals surface area contributed by atoms with Gasteiger partial charge in [0.1, 0.15) is 0 Å². The fourth-order valence-corrected chi connectivity index (χ4v) is 10.4. The van der Waals surface area contributed by atoms with Crippen LogP contribution in [0.15, 0.2) is 60.8 Å². The van der Waals surface area contributed by atoms with E-state index in [2.05, 4.69) is 62.5 Å². The van der Waals surface area contributed by atoms with Crippen molar-refractivity contribution >= 4 is 0 Å². The second-order valence-corrected chi connectivity index (χ2v) is 13.8. The fourth-order valence-electron chi connectivity index (χ4n) is 10.4. The van der Waals surface area contributed by atoms with E-state index < -0.39 is 0 Å². The molecule has 0 saturated heterocycles. The monoisotopic (exact) mass is 530 g/mol. The molecule has 14 atom stereocenters. The van der Waals surface area contributed by atoms with Gasteiger partial charge in [0.15, 0.2) is 0 Å². The topological polar surface area (TPSA) is 0 Å². The van der Waals surface area contributed by atoms with Crippen molar-refractivity contribution in [1.29, 1.82) is 0 Å². The Bertz CT molecular complexity index is 895. The molecule has 5 fully saturated rings. The van der Waals surface area contributed by atoms with Gasteiger partial charge in [-0.15, -0.1) is 0 Å². The summed E-state index contributed by atoms with van der Waals surface area (Å²) in [5.74, 6) is 14.3. The van der Waals surface area contributed by atoms with Crippen LogP contribution in [-0.4, -0.2) is 0 Å². The maximum atomic E-state index is 2.54. The molecule has 0 amide bonds. The lowest BCUT2D eigenvalue weighted by atomic mass is 9.70. The lowest BCUT2D eigenvalue weighted by Crippen LogP contribution is -2.29. The molecule has 0 nitrogen and oxygen atoms in total. The van der Waals surface area contributed by atoms with E-state index in [1.54, 1.807) is 12.8 Å². The summed E-state index contributed by atoms with van der Waals surface area (Å²) < 4.78 is 0. The molecule has 0 aromatic carbocycles. The van der Waals surface area contributed by atoms with Gasteiger partial charge >= 0.3 is 0 Å². The molecule has 39 heavy (non-hydrogen) atoms. The normalized spacial score (nSPS) is 47.8. The quantitative estimate of drug-likeness (QED) is 0.216. The number of hydrogen-bond acceptors (Lipinski definition) is 0. The van der Waals surface area contributed by atoms with E-state index >= 15 is 0 Å². The zero-order chi connectivity index (χ0) is 28.1. The number of allylic oxidation sites excluding steroid dienone is 10. The van der Waals surface area contributed by atoms with Crippen molar-refractivity contribution in [3.63, 3.8) is 0 Å². The summed E-state index contributed by atoms with van der Waals surface area (Å²) in [7, 11) is 0. The molecule has 0 heteroatoms. The number of hydrogen-bond donors (Lipinski definition) is 0. The van der Waals surface area contributed by atoms with Crippen LogP contribution < -0.4 is 0 Å². The molecule has 0 spiro atoms. The summed E-state index contributed by atoms with van der Waals surface area (Å²) >= 11 is 0. The molecule has 0 radical (unpaired) electrons. The van der Waals surface area contributed by atoms with Crippen molar-refractivity contribution in [3.05, 3.63) is 60.8 Å². The maximum absolute atomic E-state index is 2.54. The first kappa shape index (κ1) is 30.7. The second-order valence-electron chi connectivity index (χ2n) is 13.8. The third kappa shape index (κ3) is 6.16. The maximum Gasteiger partial charge on any atom is -0.0133 e. The Kier molecular flexibility index (Phi) is 11.0. The third-order valence-corrected chi connectivity index (χ3v) is 12.0. The Morgan fingerprint density at radius 3 is 1.69 bits per heavy atom. The molecular formula is C39H62. The Morgan fingerprint density at radius 2 is 1.13 bits per heavy atom. The van der Waals surface area contributed by atoms with Crippen LogP contribution in [0.2, 0.25) is 0 Å². The molecule has 0 aromatic rings. The van der Waals surface area contributed by atoms with Gasteiger partial charge in [0, 0.05) is 0 Å².